The lowest BCUT2D eigenvalue weighted by molar-refractivity contribution is 0.0697. The molecule has 1 fully saturated rings. The number of aryl methyl sites for hydroxylation is 2. The first-order valence-corrected chi connectivity index (χ1v) is 11.9. The lowest BCUT2D eigenvalue weighted by atomic mass is 9.98. The van der Waals surface area contributed by atoms with Gasteiger partial charge in [0, 0.05) is 18.7 Å². The van der Waals surface area contributed by atoms with Crippen molar-refractivity contribution >= 4 is 21.6 Å². The van der Waals surface area contributed by atoms with Gasteiger partial charge >= 0.3 is 0 Å². The van der Waals surface area contributed by atoms with Crippen LogP contribution in [0.1, 0.15) is 46.8 Å². The topological polar surface area (TPSA) is 57.7 Å². The monoisotopic (exact) mass is 414 g/mol. The zero-order valence-corrected chi connectivity index (χ0v) is 18.5. The normalized spacial score (nSPS) is 15.4. The molecule has 0 atom stereocenters. The van der Waals surface area contributed by atoms with Crippen molar-refractivity contribution in [3.05, 3.63) is 64.7 Å². The Balaban J connectivity index is 1.77. The molecule has 0 aromatic heterocycles. The Bertz CT molecular complexity index is 976. The van der Waals surface area contributed by atoms with Gasteiger partial charge in [0.05, 0.1) is 18.5 Å². The summed E-state index contributed by atoms with van der Waals surface area (Å²) in [5.74, 6) is 0.728. The van der Waals surface area contributed by atoms with Gasteiger partial charge in [-0.05, 0) is 73.6 Å². The van der Waals surface area contributed by atoms with Gasteiger partial charge in [0.2, 0.25) is 10.0 Å². The molecule has 0 radical (unpaired) electrons. The average molecular weight is 415 g/mol. The number of benzene rings is 2. The molecule has 0 unspecified atom stereocenters. The van der Waals surface area contributed by atoms with Crippen molar-refractivity contribution in [2.45, 2.75) is 40.2 Å². The zero-order chi connectivity index (χ0) is 21.2. The lowest BCUT2D eigenvalue weighted by Gasteiger charge is -2.30. The molecule has 0 aliphatic carbocycles. The molecule has 1 amide bonds. The summed E-state index contributed by atoms with van der Waals surface area (Å²) in [6.45, 7) is 8.03. The first-order chi connectivity index (χ1) is 13.6. The lowest BCUT2D eigenvalue weighted by Crippen LogP contribution is -2.37. The van der Waals surface area contributed by atoms with Gasteiger partial charge < -0.3 is 4.90 Å². The van der Waals surface area contributed by atoms with Crippen molar-refractivity contribution in [2.24, 2.45) is 5.92 Å². The van der Waals surface area contributed by atoms with Crippen LogP contribution in [0.4, 0.5) is 5.69 Å². The maximum atomic E-state index is 12.7. The number of carbonyl (C=O) groups excluding carboxylic acids is 1. The van der Waals surface area contributed by atoms with Gasteiger partial charge in [-0.3, -0.25) is 9.10 Å². The summed E-state index contributed by atoms with van der Waals surface area (Å²) in [5, 5.41) is 0. The molecule has 0 saturated carbocycles. The van der Waals surface area contributed by atoms with Crippen LogP contribution in [0.2, 0.25) is 0 Å². The summed E-state index contributed by atoms with van der Waals surface area (Å²) in [6.07, 6.45) is 3.31. The van der Waals surface area contributed by atoms with Crippen molar-refractivity contribution in [2.75, 3.05) is 23.7 Å². The molecule has 5 nitrogen and oxygen atoms in total. The second-order valence-electron chi connectivity index (χ2n) is 8.21. The van der Waals surface area contributed by atoms with Crippen LogP contribution in [-0.2, 0) is 16.6 Å². The number of sulfonamides is 1. The Hall–Kier alpha value is -2.34. The molecule has 1 aliphatic heterocycles. The number of nitrogens with zero attached hydrogens (tertiary/aromatic N) is 2. The average Bonchev–Trinajstić information content (AvgIpc) is 2.68. The van der Waals surface area contributed by atoms with Crippen molar-refractivity contribution < 1.29 is 13.2 Å². The fourth-order valence-electron chi connectivity index (χ4n) is 3.59. The van der Waals surface area contributed by atoms with Crippen LogP contribution in [0.15, 0.2) is 42.5 Å². The van der Waals surface area contributed by atoms with E-state index in [1.807, 2.05) is 49.1 Å². The van der Waals surface area contributed by atoms with Gasteiger partial charge in [-0.2, -0.15) is 0 Å². The molecule has 1 aliphatic rings. The minimum atomic E-state index is -3.44. The van der Waals surface area contributed by atoms with Crippen molar-refractivity contribution in [1.82, 2.24) is 4.90 Å². The fourth-order valence-corrected chi connectivity index (χ4v) is 4.47. The molecule has 156 valence electrons. The summed E-state index contributed by atoms with van der Waals surface area (Å²) in [5.41, 5.74) is 4.32. The van der Waals surface area contributed by atoms with Crippen LogP contribution in [0.5, 0.6) is 0 Å². The van der Waals surface area contributed by atoms with Crippen LogP contribution in [0.3, 0.4) is 0 Å². The summed E-state index contributed by atoms with van der Waals surface area (Å²) in [6, 6.07) is 13.0. The highest BCUT2D eigenvalue weighted by Crippen LogP contribution is 2.24. The molecule has 2 aromatic carbocycles. The Morgan fingerprint density at radius 3 is 2.21 bits per heavy atom. The second-order valence-corrected chi connectivity index (χ2v) is 10.1. The van der Waals surface area contributed by atoms with Crippen LogP contribution in [0.25, 0.3) is 0 Å². The number of likely N-dealkylation sites (tertiary alicyclic amines) is 1. The molecule has 0 bridgehead atoms. The van der Waals surface area contributed by atoms with Gasteiger partial charge in [0.15, 0.2) is 0 Å². The third-order valence-electron chi connectivity index (χ3n) is 5.78. The zero-order valence-electron chi connectivity index (χ0n) is 17.7. The number of carbonyl (C=O) groups is 1. The minimum Gasteiger partial charge on any atom is -0.339 e. The third kappa shape index (κ3) is 5.18. The van der Waals surface area contributed by atoms with Gasteiger partial charge in [0.1, 0.15) is 0 Å². The Kier molecular flexibility index (Phi) is 6.32. The smallest absolute Gasteiger partial charge is 0.253 e. The van der Waals surface area contributed by atoms with Gasteiger partial charge in [-0.15, -0.1) is 0 Å². The number of hydrogen-bond acceptors (Lipinski definition) is 3. The van der Waals surface area contributed by atoms with E-state index in [-0.39, 0.29) is 12.5 Å². The van der Waals surface area contributed by atoms with Crippen LogP contribution < -0.4 is 4.31 Å². The first-order valence-electron chi connectivity index (χ1n) is 10.1. The molecule has 1 saturated heterocycles. The number of amides is 1. The van der Waals surface area contributed by atoms with E-state index in [1.165, 1.54) is 10.6 Å². The van der Waals surface area contributed by atoms with Crippen LogP contribution in [-0.4, -0.2) is 38.6 Å². The van der Waals surface area contributed by atoms with Gasteiger partial charge in [-0.1, -0.05) is 25.1 Å². The number of hydrogen-bond donors (Lipinski definition) is 0. The maximum Gasteiger partial charge on any atom is 0.253 e. The van der Waals surface area contributed by atoms with Gasteiger partial charge in [-0.25, -0.2) is 8.42 Å². The largest absolute Gasteiger partial charge is 0.339 e. The summed E-state index contributed by atoms with van der Waals surface area (Å²) in [7, 11) is -3.44. The van der Waals surface area contributed by atoms with E-state index in [9.17, 15) is 13.2 Å². The standard InChI is InChI=1S/C23H30N2O3S/c1-17-11-13-24(14-12-17)23(26)21-8-6-20(7-9-21)16-25(29(4,27)28)22-10-5-18(2)19(3)15-22/h5-10,15,17H,11-14,16H2,1-4H3. The van der Waals surface area contributed by atoms with Gasteiger partial charge in [0.25, 0.3) is 5.91 Å². The molecule has 29 heavy (non-hydrogen) atoms. The summed E-state index contributed by atoms with van der Waals surface area (Å²) in [4.78, 5) is 14.6. The number of piperidine rings is 1. The molecule has 6 heteroatoms. The second kappa shape index (κ2) is 8.57. The van der Waals surface area contributed by atoms with E-state index in [4.69, 9.17) is 0 Å². The Morgan fingerprint density at radius 1 is 1.03 bits per heavy atom. The quantitative estimate of drug-likeness (QED) is 0.739. The molecule has 0 spiro atoms. The fraction of sp³-hybridized carbons (Fsp3) is 0.435. The number of rotatable bonds is 5. The highest BCUT2D eigenvalue weighted by Gasteiger charge is 2.22. The third-order valence-corrected chi connectivity index (χ3v) is 6.92. The predicted molar refractivity (Wildman–Crippen MR) is 118 cm³/mol. The minimum absolute atomic E-state index is 0.0533. The molecular formula is C23H30N2O3S. The Labute approximate surface area is 174 Å². The summed E-state index contributed by atoms with van der Waals surface area (Å²) < 4.78 is 26.2. The maximum absolute atomic E-state index is 12.7. The highest BCUT2D eigenvalue weighted by atomic mass is 32.2. The Morgan fingerprint density at radius 2 is 1.66 bits per heavy atom. The molecular weight excluding hydrogens is 384 g/mol. The molecule has 0 N–H and O–H groups in total. The van der Waals surface area contributed by atoms with E-state index in [2.05, 4.69) is 6.92 Å². The SMILES string of the molecule is Cc1ccc(N(Cc2ccc(C(=O)N3CCC(C)CC3)cc2)S(C)(=O)=O)cc1C. The first kappa shape index (κ1) is 21.4. The van der Waals surface area contributed by atoms with Crippen LogP contribution in [0, 0.1) is 19.8 Å². The van der Waals surface area contributed by atoms with E-state index < -0.39 is 10.0 Å². The molecule has 1 heterocycles. The molecule has 3 rings (SSSR count). The highest BCUT2D eigenvalue weighted by molar-refractivity contribution is 7.92. The van der Waals surface area contributed by atoms with E-state index in [0.717, 1.165) is 42.6 Å². The van der Waals surface area contributed by atoms with E-state index >= 15 is 0 Å². The van der Waals surface area contributed by atoms with Crippen molar-refractivity contribution in [1.29, 1.82) is 0 Å². The van der Waals surface area contributed by atoms with E-state index in [1.54, 1.807) is 12.1 Å². The summed E-state index contributed by atoms with van der Waals surface area (Å²) >= 11 is 0. The molecule has 2 aromatic rings. The van der Waals surface area contributed by atoms with Crippen molar-refractivity contribution in [3.63, 3.8) is 0 Å². The van der Waals surface area contributed by atoms with Crippen LogP contribution >= 0.6 is 0 Å². The van der Waals surface area contributed by atoms with Crippen molar-refractivity contribution in [3.8, 4) is 0 Å². The number of anilines is 1. The van der Waals surface area contributed by atoms with E-state index in [0.29, 0.717) is 17.2 Å². The predicted octanol–water partition coefficient (Wildman–Crippen LogP) is 4.14.